The van der Waals surface area contributed by atoms with Gasteiger partial charge in [0.1, 0.15) is 23.1 Å². The number of aromatic nitrogens is 4. The Morgan fingerprint density at radius 1 is 1.19 bits per heavy atom. The third-order valence-corrected chi connectivity index (χ3v) is 6.67. The molecule has 8 nitrogen and oxygen atoms in total. The number of rotatable bonds is 7. The number of ether oxygens (including phenoxy) is 1. The van der Waals surface area contributed by atoms with E-state index in [1.807, 2.05) is 12.1 Å². The summed E-state index contributed by atoms with van der Waals surface area (Å²) in [6.07, 6.45) is 1.67. The molecule has 0 amide bonds. The van der Waals surface area contributed by atoms with Crippen LogP contribution in [0.4, 0.5) is 4.39 Å². The number of halogens is 1. The van der Waals surface area contributed by atoms with Crippen LogP contribution in [0.2, 0.25) is 0 Å². The van der Waals surface area contributed by atoms with Crippen molar-refractivity contribution >= 4 is 20.9 Å². The molecule has 0 bridgehead atoms. The average molecular weight is 444 g/mol. The van der Waals surface area contributed by atoms with Crippen molar-refractivity contribution in [1.29, 1.82) is 0 Å². The molecule has 2 N–H and O–H groups in total. The maximum absolute atomic E-state index is 13.2. The number of benzene rings is 2. The van der Waals surface area contributed by atoms with E-state index in [0.717, 1.165) is 16.6 Å². The predicted molar refractivity (Wildman–Crippen MR) is 114 cm³/mol. The van der Waals surface area contributed by atoms with Crippen LogP contribution in [0.25, 0.3) is 16.6 Å². The summed E-state index contributed by atoms with van der Waals surface area (Å²) in [6, 6.07) is 11.1. The first-order valence-electron chi connectivity index (χ1n) is 9.65. The normalized spacial score (nSPS) is 12.9. The summed E-state index contributed by atoms with van der Waals surface area (Å²) in [5.74, 6) is 0.258. The number of hydrogen-bond donors (Lipinski definition) is 2. The van der Waals surface area contributed by atoms with Gasteiger partial charge in [0.2, 0.25) is 10.0 Å². The molecule has 4 aromatic rings. The fraction of sp³-hybridized carbons (Fsp3) is 0.238. The molecule has 2 heterocycles. The van der Waals surface area contributed by atoms with E-state index < -0.39 is 16.1 Å². The highest BCUT2D eigenvalue weighted by Crippen LogP contribution is 2.27. The van der Waals surface area contributed by atoms with Gasteiger partial charge in [-0.1, -0.05) is 6.07 Å². The standard InChI is InChI=1S/C21H22FN5O3S/c1-13(26-31(28,29)21-14(2)24-25-15(21)3)12-30-20-6-4-5-19-18(20)11-23-27(19)17-9-7-16(22)8-10-17/h4-11,13,26H,12H2,1-3H3,(H,24,25)/t13-/m0/s1. The Kier molecular flexibility index (Phi) is 5.50. The van der Waals surface area contributed by atoms with Crippen LogP contribution < -0.4 is 9.46 Å². The minimum Gasteiger partial charge on any atom is -0.491 e. The molecule has 162 valence electrons. The third kappa shape index (κ3) is 4.17. The van der Waals surface area contributed by atoms with E-state index in [4.69, 9.17) is 4.74 Å². The van der Waals surface area contributed by atoms with Crippen LogP contribution in [0.1, 0.15) is 18.3 Å². The lowest BCUT2D eigenvalue weighted by molar-refractivity contribution is 0.290. The van der Waals surface area contributed by atoms with Crippen LogP contribution in [0, 0.1) is 19.7 Å². The Morgan fingerprint density at radius 2 is 1.94 bits per heavy atom. The quantitative estimate of drug-likeness (QED) is 0.457. The van der Waals surface area contributed by atoms with Gasteiger partial charge in [0.15, 0.2) is 0 Å². The summed E-state index contributed by atoms with van der Waals surface area (Å²) >= 11 is 0. The van der Waals surface area contributed by atoms with Crippen LogP contribution in [0.15, 0.2) is 53.6 Å². The molecule has 2 aromatic heterocycles. The number of fused-ring (bicyclic) bond motifs is 1. The molecule has 0 aliphatic rings. The number of nitrogens with one attached hydrogen (secondary N) is 2. The van der Waals surface area contributed by atoms with Crippen LogP contribution in [-0.4, -0.2) is 41.0 Å². The number of nitrogens with zero attached hydrogens (tertiary/aromatic N) is 3. The molecule has 0 unspecified atom stereocenters. The molecule has 0 saturated heterocycles. The average Bonchev–Trinajstić information content (AvgIpc) is 3.30. The fourth-order valence-corrected chi connectivity index (χ4v) is 5.05. The summed E-state index contributed by atoms with van der Waals surface area (Å²) in [6.45, 7) is 5.15. The maximum Gasteiger partial charge on any atom is 0.244 e. The Bertz CT molecular complexity index is 1310. The second kappa shape index (κ2) is 8.12. The van der Waals surface area contributed by atoms with Gasteiger partial charge in [0.05, 0.1) is 40.2 Å². The Hall–Kier alpha value is -3.24. The lowest BCUT2D eigenvalue weighted by atomic mass is 10.2. The van der Waals surface area contributed by atoms with E-state index in [-0.39, 0.29) is 17.3 Å². The van der Waals surface area contributed by atoms with Crippen LogP contribution in [0.3, 0.4) is 0 Å². The van der Waals surface area contributed by atoms with Gasteiger partial charge < -0.3 is 4.74 Å². The predicted octanol–water partition coefficient (Wildman–Crippen LogP) is 3.25. The van der Waals surface area contributed by atoms with Crippen molar-refractivity contribution in [2.75, 3.05) is 6.61 Å². The molecule has 31 heavy (non-hydrogen) atoms. The molecule has 0 aliphatic carbocycles. The second-order valence-electron chi connectivity index (χ2n) is 7.32. The number of hydrogen-bond acceptors (Lipinski definition) is 5. The van der Waals surface area contributed by atoms with Crippen LogP contribution in [0.5, 0.6) is 5.75 Å². The lowest BCUT2D eigenvalue weighted by Gasteiger charge is -2.16. The topological polar surface area (TPSA) is 102 Å². The zero-order valence-corrected chi connectivity index (χ0v) is 18.1. The zero-order chi connectivity index (χ0) is 22.2. The van der Waals surface area contributed by atoms with Crippen molar-refractivity contribution in [3.05, 3.63) is 65.9 Å². The molecule has 1 atom stereocenters. The van der Waals surface area contributed by atoms with Crippen molar-refractivity contribution < 1.29 is 17.5 Å². The Balaban J connectivity index is 1.51. The van der Waals surface area contributed by atoms with Gasteiger partial charge in [-0.25, -0.2) is 22.2 Å². The van der Waals surface area contributed by atoms with Gasteiger partial charge in [-0.3, -0.25) is 5.10 Å². The van der Waals surface area contributed by atoms with Crippen molar-refractivity contribution in [2.24, 2.45) is 0 Å². The van der Waals surface area contributed by atoms with Gasteiger partial charge in [-0.2, -0.15) is 10.2 Å². The highest BCUT2D eigenvalue weighted by atomic mass is 32.2. The zero-order valence-electron chi connectivity index (χ0n) is 17.3. The highest BCUT2D eigenvalue weighted by molar-refractivity contribution is 7.89. The smallest absolute Gasteiger partial charge is 0.244 e. The highest BCUT2D eigenvalue weighted by Gasteiger charge is 2.24. The molecule has 0 spiro atoms. The fourth-order valence-electron chi connectivity index (χ4n) is 3.45. The van der Waals surface area contributed by atoms with Gasteiger partial charge in [-0.05, 0) is 57.2 Å². The van der Waals surface area contributed by atoms with Crippen molar-refractivity contribution in [1.82, 2.24) is 24.7 Å². The first kappa shape index (κ1) is 21.0. The van der Waals surface area contributed by atoms with E-state index in [2.05, 4.69) is 20.0 Å². The van der Waals surface area contributed by atoms with Crippen molar-refractivity contribution in [3.63, 3.8) is 0 Å². The lowest BCUT2D eigenvalue weighted by Crippen LogP contribution is -2.37. The van der Waals surface area contributed by atoms with Gasteiger partial charge in [0, 0.05) is 0 Å². The van der Waals surface area contributed by atoms with E-state index in [9.17, 15) is 12.8 Å². The van der Waals surface area contributed by atoms with E-state index in [0.29, 0.717) is 17.1 Å². The van der Waals surface area contributed by atoms with E-state index in [1.165, 1.54) is 12.1 Å². The maximum atomic E-state index is 13.2. The van der Waals surface area contributed by atoms with E-state index >= 15 is 0 Å². The molecule has 0 fully saturated rings. The van der Waals surface area contributed by atoms with Crippen LogP contribution in [-0.2, 0) is 10.0 Å². The molecule has 0 radical (unpaired) electrons. The number of sulfonamides is 1. The minimum atomic E-state index is -3.73. The first-order valence-corrected chi connectivity index (χ1v) is 11.1. The third-order valence-electron chi connectivity index (χ3n) is 4.82. The Labute approximate surface area is 179 Å². The number of H-pyrrole nitrogens is 1. The SMILES string of the molecule is Cc1n[nH]c(C)c1S(=O)(=O)N[C@@H](C)COc1cccc2c1cnn2-c1ccc(F)cc1. The summed E-state index contributed by atoms with van der Waals surface area (Å²) in [7, 11) is -3.73. The van der Waals surface area contributed by atoms with E-state index in [1.54, 1.807) is 49.8 Å². The van der Waals surface area contributed by atoms with Gasteiger partial charge in [0.25, 0.3) is 0 Å². The molecular formula is C21H22FN5O3S. The summed E-state index contributed by atoms with van der Waals surface area (Å²) in [4.78, 5) is 0.155. The minimum absolute atomic E-state index is 0.121. The monoisotopic (exact) mass is 443 g/mol. The molecular weight excluding hydrogens is 421 g/mol. The molecule has 2 aromatic carbocycles. The van der Waals surface area contributed by atoms with Crippen molar-refractivity contribution in [2.45, 2.75) is 31.7 Å². The molecule has 10 heteroatoms. The molecule has 0 aliphatic heterocycles. The molecule has 0 saturated carbocycles. The first-order chi connectivity index (χ1) is 14.8. The Morgan fingerprint density at radius 3 is 2.61 bits per heavy atom. The van der Waals surface area contributed by atoms with Crippen LogP contribution >= 0.6 is 0 Å². The second-order valence-corrected chi connectivity index (χ2v) is 8.97. The van der Waals surface area contributed by atoms with Crippen molar-refractivity contribution in [3.8, 4) is 11.4 Å². The summed E-state index contributed by atoms with van der Waals surface area (Å²) < 4.78 is 48.8. The number of aryl methyl sites for hydroxylation is 2. The van der Waals surface area contributed by atoms with Gasteiger partial charge in [-0.15, -0.1) is 0 Å². The van der Waals surface area contributed by atoms with Gasteiger partial charge >= 0.3 is 0 Å². The largest absolute Gasteiger partial charge is 0.491 e. The summed E-state index contributed by atoms with van der Waals surface area (Å²) in [5, 5.41) is 11.8. The molecule has 4 rings (SSSR count). The summed E-state index contributed by atoms with van der Waals surface area (Å²) in [5.41, 5.74) is 2.41. The number of aromatic amines is 1.